The fourth-order valence-corrected chi connectivity index (χ4v) is 2.51. The maximum atomic E-state index is 11.5. The Balaban J connectivity index is 2.53. The van der Waals surface area contributed by atoms with Crippen LogP contribution in [0.25, 0.3) is 11.1 Å². The van der Waals surface area contributed by atoms with Gasteiger partial charge in [0.1, 0.15) is 4.88 Å². The van der Waals surface area contributed by atoms with Gasteiger partial charge in [0.05, 0.1) is 7.11 Å². The van der Waals surface area contributed by atoms with Crippen molar-refractivity contribution in [2.45, 2.75) is 0 Å². The van der Waals surface area contributed by atoms with E-state index in [1.54, 1.807) is 6.07 Å². The van der Waals surface area contributed by atoms with Crippen LogP contribution >= 0.6 is 22.9 Å². The van der Waals surface area contributed by atoms with E-state index in [0.717, 1.165) is 11.1 Å². The summed E-state index contributed by atoms with van der Waals surface area (Å²) in [7, 11) is 1.37. The first kappa shape index (κ1) is 11.2. The number of carbonyl (C=O) groups excluding carboxylic acids is 1. The first-order valence-corrected chi connectivity index (χ1v) is 5.90. The largest absolute Gasteiger partial charge is 0.465 e. The van der Waals surface area contributed by atoms with E-state index in [9.17, 15) is 4.79 Å². The predicted octanol–water partition coefficient (Wildman–Crippen LogP) is 3.86. The van der Waals surface area contributed by atoms with Crippen molar-refractivity contribution < 1.29 is 9.53 Å². The molecule has 0 N–H and O–H groups in total. The molecule has 0 unspecified atom stereocenters. The molecule has 2 rings (SSSR count). The van der Waals surface area contributed by atoms with Crippen LogP contribution < -0.4 is 0 Å². The summed E-state index contributed by atoms with van der Waals surface area (Å²) < 4.78 is 4.73. The van der Waals surface area contributed by atoms with Gasteiger partial charge >= 0.3 is 5.97 Å². The van der Waals surface area contributed by atoms with Crippen LogP contribution in [-0.2, 0) is 4.74 Å². The lowest BCUT2D eigenvalue weighted by Crippen LogP contribution is -1.99. The standard InChI is InChI=1S/C12H9ClO2S/c1-15-12(14)11-9(6-7-16-11)8-4-2-3-5-10(8)13/h2-7H,1H3. The molecule has 0 aliphatic rings. The van der Waals surface area contributed by atoms with Crippen LogP contribution in [0, 0.1) is 0 Å². The van der Waals surface area contributed by atoms with Crippen LogP contribution in [0.5, 0.6) is 0 Å². The number of esters is 1. The van der Waals surface area contributed by atoms with E-state index in [4.69, 9.17) is 16.3 Å². The quantitative estimate of drug-likeness (QED) is 0.759. The highest BCUT2D eigenvalue weighted by Gasteiger charge is 2.16. The number of carbonyl (C=O) groups is 1. The average molecular weight is 253 g/mol. The number of halogens is 1. The Hall–Kier alpha value is -1.32. The first-order valence-electron chi connectivity index (χ1n) is 4.64. The minimum Gasteiger partial charge on any atom is -0.465 e. The van der Waals surface area contributed by atoms with Crippen molar-refractivity contribution in [2.75, 3.05) is 7.11 Å². The van der Waals surface area contributed by atoms with Gasteiger partial charge in [0, 0.05) is 16.1 Å². The van der Waals surface area contributed by atoms with Crippen molar-refractivity contribution >= 4 is 28.9 Å². The SMILES string of the molecule is COC(=O)c1sccc1-c1ccccc1Cl. The smallest absolute Gasteiger partial charge is 0.348 e. The van der Waals surface area contributed by atoms with Crippen LogP contribution in [0.1, 0.15) is 9.67 Å². The molecule has 1 aromatic heterocycles. The summed E-state index contributed by atoms with van der Waals surface area (Å²) in [4.78, 5) is 12.1. The number of ether oxygens (including phenoxy) is 1. The minimum absolute atomic E-state index is 0.329. The zero-order valence-corrected chi connectivity index (χ0v) is 10.1. The summed E-state index contributed by atoms with van der Waals surface area (Å²) in [6.45, 7) is 0. The second-order valence-corrected chi connectivity index (χ2v) is 4.46. The molecule has 0 amide bonds. The number of hydrogen-bond donors (Lipinski definition) is 0. The second kappa shape index (κ2) is 4.68. The molecule has 0 atom stereocenters. The lowest BCUT2D eigenvalue weighted by Gasteiger charge is -2.04. The van der Waals surface area contributed by atoms with Gasteiger partial charge in [-0.3, -0.25) is 0 Å². The maximum Gasteiger partial charge on any atom is 0.348 e. The molecule has 0 aliphatic carbocycles. The average Bonchev–Trinajstić information content (AvgIpc) is 2.77. The Morgan fingerprint density at radius 1 is 1.25 bits per heavy atom. The molecule has 2 nitrogen and oxygen atoms in total. The lowest BCUT2D eigenvalue weighted by atomic mass is 10.1. The zero-order chi connectivity index (χ0) is 11.5. The fraction of sp³-hybridized carbons (Fsp3) is 0.0833. The third-order valence-corrected chi connectivity index (χ3v) is 3.42. The zero-order valence-electron chi connectivity index (χ0n) is 8.57. The number of hydrogen-bond acceptors (Lipinski definition) is 3. The third-order valence-electron chi connectivity index (χ3n) is 2.20. The summed E-state index contributed by atoms with van der Waals surface area (Å²) in [6, 6.07) is 9.31. The van der Waals surface area contributed by atoms with E-state index >= 15 is 0 Å². The summed E-state index contributed by atoms with van der Waals surface area (Å²) in [5.74, 6) is -0.329. The van der Waals surface area contributed by atoms with Gasteiger partial charge in [-0.25, -0.2) is 4.79 Å². The Kier molecular flexibility index (Phi) is 3.27. The molecule has 82 valence electrons. The highest BCUT2D eigenvalue weighted by atomic mass is 35.5. The molecular formula is C12H9ClO2S. The van der Waals surface area contributed by atoms with Crippen LogP contribution in [0.3, 0.4) is 0 Å². The normalized spacial score (nSPS) is 10.1. The van der Waals surface area contributed by atoms with Crippen LogP contribution in [0.15, 0.2) is 35.7 Å². The molecule has 0 saturated carbocycles. The molecule has 0 bridgehead atoms. The van der Waals surface area contributed by atoms with Gasteiger partial charge in [0.2, 0.25) is 0 Å². The molecule has 0 fully saturated rings. The first-order chi connectivity index (χ1) is 7.74. The Labute approximate surface area is 102 Å². The van der Waals surface area contributed by atoms with E-state index in [0.29, 0.717) is 9.90 Å². The van der Waals surface area contributed by atoms with Crippen molar-refractivity contribution in [1.82, 2.24) is 0 Å². The van der Waals surface area contributed by atoms with E-state index in [1.165, 1.54) is 18.4 Å². The topological polar surface area (TPSA) is 26.3 Å². The van der Waals surface area contributed by atoms with E-state index in [-0.39, 0.29) is 5.97 Å². The monoisotopic (exact) mass is 252 g/mol. The summed E-state index contributed by atoms with van der Waals surface area (Å²) in [5, 5.41) is 2.48. The van der Waals surface area contributed by atoms with Crippen molar-refractivity contribution in [3.8, 4) is 11.1 Å². The molecule has 0 saturated heterocycles. The van der Waals surface area contributed by atoms with E-state index < -0.39 is 0 Å². The van der Waals surface area contributed by atoms with Crippen LogP contribution in [0.4, 0.5) is 0 Å². The number of thiophene rings is 1. The van der Waals surface area contributed by atoms with Gasteiger partial charge in [0.15, 0.2) is 0 Å². The molecule has 1 heterocycles. The van der Waals surface area contributed by atoms with Gasteiger partial charge < -0.3 is 4.74 Å². The number of benzene rings is 1. The Morgan fingerprint density at radius 3 is 2.69 bits per heavy atom. The molecule has 1 aromatic carbocycles. The minimum atomic E-state index is -0.329. The van der Waals surface area contributed by atoms with Crippen molar-refractivity contribution in [3.05, 3.63) is 45.6 Å². The highest BCUT2D eigenvalue weighted by molar-refractivity contribution is 7.12. The highest BCUT2D eigenvalue weighted by Crippen LogP contribution is 2.33. The van der Waals surface area contributed by atoms with Gasteiger partial charge in [-0.15, -0.1) is 11.3 Å². The second-order valence-electron chi connectivity index (χ2n) is 3.13. The van der Waals surface area contributed by atoms with Gasteiger partial charge in [-0.05, 0) is 17.5 Å². The molecule has 0 spiro atoms. The molecule has 0 radical (unpaired) electrons. The van der Waals surface area contributed by atoms with Gasteiger partial charge in [0.25, 0.3) is 0 Å². The Bertz CT molecular complexity index is 519. The van der Waals surface area contributed by atoms with Crippen LogP contribution in [-0.4, -0.2) is 13.1 Å². The van der Waals surface area contributed by atoms with Crippen LogP contribution in [0.2, 0.25) is 5.02 Å². The molecular weight excluding hydrogens is 244 g/mol. The van der Waals surface area contributed by atoms with Crippen molar-refractivity contribution in [2.24, 2.45) is 0 Å². The Morgan fingerprint density at radius 2 is 2.00 bits per heavy atom. The third kappa shape index (κ3) is 1.96. The summed E-state index contributed by atoms with van der Waals surface area (Å²) in [5.41, 5.74) is 1.67. The lowest BCUT2D eigenvalue weighted by molar-refractivity contribution is 0.0607. The summed E-state index contributed by atoms with van der Waals surface area (Å²) >= 11 is 7.44. The van der Waals surface area contributed by atoms with Gasteiger partial charge in [-0.1, -0.05) is 29.8 Å². The molecule has 2 aromatic rings. The summed E-state index contributed by atoms with van der Waals surface area (Å²) in [6.07, 6.45) is 0. The molecule has 16 heavy (non-hydrogen) atoms. The van der Waals surface area contributed by atoms with Gasteiger partial charge in [-0.2, -0.15) is 0 Å². The molecule has 4 heteroatoms. The molecule has 0 aliphatic heterocycles. The van der Waals surface area contributed by atoms with E-state index in [2.05, 4.69) is 0 Å². The van der Waals surface area contributed by atoms with Crippen molar-refractivity contribution in [1.29, 1.82) is 0 Å². The maximum absolute atomic E-state index is 11.5. The fourth-order valence-electron chi connectivity index (χ4n) is 1.45. The number of rotatable bonds is 2. The number of methoxy groups -OCH3 is 1. The van der Waals surface area contributed by atoms with Crippen molar-refractivity contribution in [3.63, 3.8) is 0 Å². The predicted molar refractivity (Wildman–Crippen MR) is 66.1 cm³/mol. The van der Waals surface area contributed by atoms with E-state index in [1.807, 2.05) is 29.6 Å².